The van der Waals surface area contributed by atoms with Gasteiger partial charge >= 0.3 is 0 Å². The van der Waals surface area contributed by atoms with Crippen LogP contribution in [-0.4, -0.2) is 19.9 Å². The Labute approximate surface area is 140 Å². The van der Waals surface area contributed by atoms with Gasteiger partial charge in [-0.05, 0) is 35.9 Å². The molecule has 0 aliphatic rings. The fraction of sp³-hybridized carbons (Fsp3) is 0. The predicted molar refractivity (Wildman–Crippen MR) is 86.6 cm³/mol. The summed E-state index contributed by atoms with van der Waals surface area (Å²) >= 11 is 5.79. The summed E-state index contributed by atoms with van der Waals surface area (Å²) < 4.78 is 14.1. The minimum atomic E-state index is -0.762. The van der Waals surface area contributed by atoms with Crippen molar-refractivity contribution < 1.29 is 9.31 Å². The van der Waals surface area contributed by atoms with Gasteiger partial charge in [-0.3, -0.25) is 10.1 Å². The van der Waals surface area contributed by atoms with Crippen molar-refractivity contribution in [2.24, 2.45) is 0 Å². The molecule has 0 aliphatic heterocycles. The van der Waals surface area contributed by atoms with E-state index in [0.717, 1.165) is 6.07 Å². The van der Waals surface area contributed by atoms with Gasteiger partial charge < -0.3 is 5.32 Å². The third-order valence-electron chi connectivity index (χ3n) is 3.13. The quantitative estimate of drug-likeness (QED) is 0.436. The second-order valence-corrected chi connectivity index (χ2v) is 4.99. The van der Waals surface area contributed by atoms with Crippen molar-refractivity contribution in [2.75, 3.05) is 5.32 Å². The van der Waals surface area contributed by atoms with E-state index in [4.69, 9.17) is 11.6 Å². The van der Waals surface area contributed by atoms with Gasteiger partial charge in [0.05, 0.1) is 22.4 Å². The van der Waals surface area contributed by atoms with E-state index >= 15 is 0 Å². The molecule has 0 unspecified atom stereocenters. The number of nitro groups is 1. The summed E-state index contributed by atoms with van der Waals surface area (Å²) in [5, 5.41) is 13.6. The fourth-order valence-corrected chi connectivity index (χ4v) is 2.19. The molecule has 120 valence electrons. The zero-order valence-corrected chi connectivity index (χ0v) is 12.7. The van der Waals surface area contributed by atoms with Gasteiger partial charge in [-0.1, -0.05) is 0 Å². The number of halogens is 2. The molecule has 0 amide bonds. The highest BCUT2D eigenvalue weighted by Gasteiger charge is 2.14. The normalized spacial score (nSPS) is 10.4. The molecule has 0 radical (unpaired) electrons. The molecular formula is C15H9ClFN5O2. The number of hydrogen-bond donors (Lipinski definition) is 1. The van der Waals surface area contributed by atoms with Crippen molar-refractivity contribution in [3.8, 4) is 11.3 Å². The zero-order chi connectivity index (χ0) is 17.1. The highest BCUT2D eigenvalue weighted by atomic mass is 35.5. The first-order valence-electron chi connectivity index (χ1n) is 6.69. The van der Waals surface area contributed by atoms with Crippen molar-refractivity contribution in [3.63, 3.8) is 0 Å². The third kappa shape index (κ3) is 3.28. The second kappa shape index (κ2) is 6.55. The van der Waals surface area contributed by atoms with Gasteiger partial charge in [-0.2, -0.15) is 0 Å². The molecule has 0 saturated heterocycles. The summed E-state index contributed by atoms with van der Waals surface area (Å²) in [4.78, 5) is 22.1. The van der Waals surface area contributed by atoms with Gasteiger partial charge in [0.25, 0.3) is 5.69 Å². The van der Waals surface area contributed by atoms with E-state index < -0.39 is 10.7 Å². The zero-order valence-electron chi connectivity index (χ0n) is 12.0. The first kappa shape index (κ1) is 15.8. The molecule has 24 heavy (non-hydrogen) atoms. The molecule has 3 rings (SSSR count). The Bertz CT molecular complexity index is 922. The van der Waals surface area contributed by atoms with Gasteiger partial charge in [0, 0.05) is 24.0 Å². The number of nitrogens with zero attached hydrogens (tertiary/aromatic N) is 4. The molecule has 1 aromatic carbocycles. The largest absolute Gasteiger partial charge is 0.337 e. The van der Waals surface area contributed by atoms with Crippen LogP contribution in [0.3, 0.4) is 0 Å². The smallest absolute Gasteiger partial charge is 0.272 e. The highest BCUT2D eigenvalue weighted by molar-refractivity contribution is 6.28. The number of nitrogens with one attached hydrogen (secondary N) is 1. The molecule has 1 N–H and O–H groups in total. The summed E-state index contributed by atoms with van der Waals surface area (Å²) in [6.45, 7) is 0. The van der Waals surface area contributed by atoms with Crippen molar-refractivity contribution in [1.29, 1.82) is 0 Å². The van der Waals surface area contributed by atoms with Crippen LogP contribution >= 0.6 is 11.6 Å². The summed E-state index contributed by atoms with van der Waals surface area (Å²) in [5.41, 5.74) is 0.815. The van der Waals surface area contributed by atoms with Crippen LogP contribution in [0.25, 0.3) is 11.3 Å². The number of nitro benzene ring substituents is 1. The number of hydrogen-bond acceptors (Lipinski definition) is 6. The molecule has 3 aromatic rings. The van der Waals surface area contributed by atoms with Crippen LogP contribution in [0.1, 0.15) is 0 Å². The average Bonchev–Trinajstić information content (AvgIpc) is 2.57. The predicted octanol–water partition coefficient (Wildman–Crippen LogP) is 3.98. The van der Waals surface area contributed by atoms with Crippen molar-refractivity contribution in [2.45, 2.75) is 0 Å². The minimum Gasteiger partial charge on any atom is -0.337 e. The Kier molecular flexibility index (Phi) is 4.30. The SMILES string of the molecule is O=[N+]([O-])c1ccc(Nc2ncccc2-c2ccnc(Cl)n2)c(F)c1. The Morgan fingerprint density at radius 2 is 2.00 bits per heavy atom. The molecule has 2 aromatic heterocycles. The van der Waals surface area contributed by atoms with E-state index in [9.17, 15) is 14.5 Å². The summed E-state index contributed by atoms with van der Waals surface area (Å²) in [6.07, 6.45) is 3.02. The van der Waals surface area contributed by atoms with Crippen LogP contribution < -0.4 is 5.32 Å². The molecule has 2 heterocycles. The van der Waals surface area contributed by atoms with Gasteiger partial charge in [-0.25, -0.2) is 19.3 Å². The van der Waals surface area contributed by atoms with Crippen LogP contribution in [-0.2, 0) is 0 Å². The Hall–Kier alpha value is -3.13. The molecule has 7 nitrogen and oxygen atoms in total. The first-order chi connectivity index (χ1) is 11.5. The van der Waals surface area contributed by atoms with E-state index in [1.807, 2.05) is 0 Å². The lowest BCUT2D eigenvalue weighted by molar-refractivity contribution is -0.385. The van der Waals surface area contributed by atoms with E-state index in [-0.39, 0.29) is 16.7 Å². The van der Waals surface area contributed by atoms with Crippen molar-refractivity contribution >= 4 is 28.8 Å². The molecule has 0 atom stereocenters. The molecule has 0 bridgehead atoms. The fourth-order valence-electron chi connectivity index (χ4n) is 2.04. The number of rotatable bonds is 4. The van der Waals surface area contributed by atoms with Gasteiger partial charge in [0.2, 0.25) is 5.28 Å². The van der Waals surface area contributed by atoms with Gasteiger partial charge in [0.15, 0.2) is 5.82 Å². The van der Waals surface area contributed by atoms with Gasteiger partial charge in [-0.15, -0.1) is 0 Å². The van der Waals surface area contributed by atoms with E-state index in [1.54, 1.807) is 18.2 Å². The number of aromatic nitrogens is 3. The number of pyridine rings is 1. The van der Waals surface area contributed by atoms with Crippen LogP contribution in [0, 0.1) is 15.9 Å². The van der Waals surface area contributed by atoms with E-state index in [0.29, 0.717) is 17.1 Å². The first-order valence-corrected chi connectivity index (χ1v) is 7.07. The molecule has 0 aliphatic carbocycles. The summed E-state index contributed by atoms with van der Waals surface area (Å²) in [5.74, 6) is -0.429. The minimum absolute atomic E-state index is 0.0562. The molecule has 0 fully saturated rings. The topological polar surface area (TPSA) is 93.8 Å². The molecule has 0 spiro atoms. The maximum Gasteiger partial charge on any atom is 0.272 e. The van der Waals surface area contributed by atoms with Gasteiger partial charge in [0.1, 0.15) is 5.82 Å². The Morgan fingerprint density at radius 3 is 2.71 bits per heavy atom. The van der Waals surface area contributed by atoms with E-state index in [1.165, 1.54) is 24.5 Å². The van der Waals surface area contributed by atoms with Crippen LogP contribution in [0.2, 0.25) is 5.28 Å². The molecular weight excluding hydrogens is 337 g/mol. The lowest BCUT2D eigenvalue weighted by atomic mass is 10.1. The van der Waals surface area contributed by atoms with Crippen LogP contribution in [0.4, 0.5) is 21.6 Å². The van der Waals surface area contributed by atoms with Crippen molar-refractivity contribution in [1.82, 2.24) is 15.0 Å². The Balaban J connectivity index is 1.98. The molecule has 9 heteroatoms. The number of benzene rings is 1. The standard InChI is InChI=1S/C15H9ClFN5O2/c16-15-19-7-5-12(21-15)10-2-1-6-18-14(10)20-13-4-3-9(22(23)24)8-11(13)17/h1-8H,(H,18,20). The number of anilines is 2. The van der Waals surface area contributed by atoms with Crippen molar-refractivity contribution in [3.05, 3.63) is 70.0 Å². The lowest BCUT2D eigenvalue weighted by Gasteiger charge is -2.11. The monoisotopic (exact) mass is 345 g/mol. The van der Waals surface area contributed by atoms with Crippen LogP contribution in [0.5, 0.6) is 0 Å². The summed E-state index contributed by atoms with van der Waals surface area (Å²) in [6, 6.07) is 8.39. The third-order valence-corrected chi connectivity index (χ3v) is 3.31. The van der Waals surface area contributed by atoms with E-state index in [2.05, 4.69) is 20.3 Å². The number of non-ortho nitro benzene ring substituents is 1. The summed E-state index contributed by atoms with van der Waals surface area (Å²) in [7, 11) is 0. The molecule has 0 saturated carbocycles. The maximum atomic E-state index is 14.1. The maximum absolute atomic E-state index is 14.1. The highest BCUT2D eigenvalue weighted by Crippen LogP contribution is 2.29. The lowest BCUT2D eigenvalue weighted by Crippen LogP contribution is -2.00. The van der Waals surface area contributed by atoms with Crippen LogP contribution in [0.15, 0.2) is 48.8 Å². The Morgan fingerprint density at radius 1 is 1.17 bits per heavy atom. The average molecular weight is 346 g/mol. The second-order valence-electron chi connectivity index (χ2n) is 4.66.